The lowest BCUT2D eigenvalue weighted by molar-refractivity contribution is -0.143. The van der Waals surface area contributed by atoms with Gasteiger partial charge in [0.05, 0.1) is 10.9 Å². The minimum Gasteiger partial charge on any atom is -0.481 e. The van der Waals surface area contributed by atoms with Gasteiger partial charge in [0.2, 0.25) is 0 Å². The zero-order chi connectivity index (χ0) is 14.7. The van der Waals surface area contributed by atoms with Gasteiger partial charge in [-0.05, 0) is 19.4 Å². The number of aromatic nitrogens is 1. The van der Waals surface area contributed by atoms with Crippen molar-refractivity contribution in [2.24, 2.45) is 5.92 Å². The molecule has 1 aromatic heterocycles. The van der Waals surface area contributed by atoms with E-state index in [0.717, 1.165) is 30.9 Å². The van der Waals surface area contributed by atoms with Gasteiger partial charge >= 0.3 is 11.9 Å². The summed E-state index contributed by atoms with van der Waals surface area (Å²) in [5.41, 5.74) is 0.0823. The van der Waals surface area contributed by atoms with Crippen LogP contribution in [0.4, 0.5) is 0 Å². The smallest absolute Gasteiger partial charge is 0.355 e. The van der Waals surface area contributed by atoms with Crippen molar-refractivity contribution in [1.82, 2.24) is 9.88 Å². The van der Waals surface area contributed by atoms with Crippen molar-refractivity contribution < 1.29 is 19.8 Å². The normalized spacial score (nSPS) is 21.6. The Kier molecular flexibility index (Phi) is 4.72. The number of hydrogen-bond donors (Lipinski definition) is 2. The maximum Gasteiger partial charge on any atom is 0.355 e. The molecule has 110 valence electrons. The first kappa shape index (κ1) is 14.9. The number of carbonyl (C=O) groups is 2. The first-order valence-electron chi connectivity index (χ1n) is 6.61. The van der Waals surface area contributed by atoms with Crippen LogP contribution in [0.1, 0.15) is 41.2 Å². The zero-order valence-corrected chi connectivity index (χ0v) is 12.1. The lowest BCUT2D eigenvalue weighted by Crippen LogP contribution is -2.40. The van der Waals surface area contributed by atoms with Gasteiger partial charge in [0.1, 0.15) is 0 Å². The van der Waals surface area contributed by atoms with Crippen LogP contribution in [0.25, 0.3) is 0 Å². The maximum absolute atomic E-state index is 11.0. The second kappa shape index (κ2) is 6.32. The molecule has 0 saturated carbocycles. The SMILES string of the molecule is CC(CN1CCCC(C(=O)O)C1)c1nc(C(=O)O)cs1. The molecule has 1 aliphatic rings. The van der Waals surface area contributed by atoms with Gasteiger partial charge in [0, 0.05) is 24.4 Å². The predicted molar refractivity (Wildman–Crippen MR) is 74.3 cm³/mol. The van der Waals surface area contributed by atoms with Gasteiger partial charge in [-0.15, -0.1) is 11.3 Å². The molecule has 2 unspecified atom stereocenters. The number of aliphatic carboxylic acids is 1. The third-order valence-electron chi connectivity index (χ3n) is 3.55. The fraction of sp³-hybridized carbons (Fsp3) is 0.615. The van der Waals surface area contributed by atoms with Gasteiger partial charge < -0.3 is 15.1 Å². The lowest BCUT2D eigenvalue weighted by atomic mass is 9.97. The molecule has 1 aliphatic heterocycles. The summed E-state index contributed by atoms with van der Waals surface area (Å²) >= 11 is 1.35. The Morgan fingerprint density at radius 1 is 1.55 bits per heavy atom. The Hall–Kier alpha value is -1.47. The standard InChI is InChI=1S/C13H18N2O4S/c1-8(11-14-10(7-20-11)13(18)19)5-15-4-2-3-9(6-15)12(16)17/h7-9H,2-6H2,1H3,(H,16,17)(H,18,19). The summed E-state index contributed by atoms with van der Waals surface area (Å²) in [7, 11) is 0. The van der Waals surface area contributed by atoms with Crippen molar-refractivity contribution in [3.05, 3.63) is 16.1 Å². The highest BCUT2D eigenvalue weighted by Crippen LogP contribution is 2.24. The molecule has 1 fully saturated rings. The first-order chi connectivity index (χ1) is 9.47. The summed E-state index contributed by atoms with van der Waals surface area (Å²) < 4.78 is 0. The van der Waals surface area contributed by atoms with Crippen LogP contribution in [0.15, 0.2) is 5.38 Å². The number of nitrogens with zero attached hydrogens (tertiary/aromatic N) is 2. The number of rotatable bonds is 5. The van der Waals surface area contributed by atoms with E-state index in [9.17, 15) is 9.59 Å². The average molecular weight is 298 g/mol. The Balaban J connectivity index is 1.94. The van der Waals surface area contributed by atoms with E-state index >= 15 is 0 Å². The van der Waals surface area contributed by atoms with E-state index in [0.29, 0.717) is 6.54 Å². The molecule has 1 saturated heterocycles. The molecule has 2 atom stereocenters. The molecule has 2 N–H and O–H groups in total. The molecule has 0 aromatic carbocycles. The highest BCUT2D eigenvalue weighted by Gasteiger charge is 2.27. The van der Waals surface area contributed by atoms with Crippen molar-refractivity contribution in [2.45, 2.75) is 25.7 Å². The fourth-order valence-corrected chi connectivity index (χ4v) is 3.34. The molecule has 1 aromatic rings. The van der Waals surface area contributed by atoms with Crippen molar-refractivity contribution in [3.63, 3.8) is 0 Å². The van der Waals surface area contributed by atoms with Gasteiger partial charge in [-0.2, -0.15) is 0 Å². The molecule has 6 nitrogen and oxygen atoms in total. The molecule has 0 spiro atoms. The van der Waals surface area contributed by atoms with E-state index in [1.165, 1.54) is 11.3 Å². The molecule has 0 aliphatic carbocycles. The summed E-state index contributed by atoms with van der Waals surface area (Å²) in [6, 6.07) is 0. The van der Waals surface area contributed by atoms with Gasteiger partial charge in [0.15, 0.2) is 5.69 Å². The van der Waals surface area contributed by atoms with Crippen LogP contribution in [0, 0.1) is 5.92 Å². The maximum atomic E-state index is 11.0. The van der Waals surface area contributed by atoms with Crippen molar-refractivity contribution in [2.75, 3.05) is 19.6 Å². The number of carboxylic acid groups (broad SMARTS) is 2. The summed E-state index contributed by atoms with van der Waals surface area (Å²) in [5, 5.41) is 20.3. The van der Waals surface area contributed by atoms with Crippen LogP contribution in [-0.4, -0.2) is 51.7 Å². The average Bonchev–Trinajstić information content (AvgIpc) is 2.88. The number of hydrogen-bond acceptors (Lipinski definition) is 5. The Labute approximate surface area is 121 Å². The highest BCUT2D eigenvalue weighted by molar-refractivity contribution is 7.09. The first-order valence-corrected chi connectivity index (χ1v) is 7.49. The minimum absolute atomic E-state index is 0.0823. The van der Waals surface area contributed by atoms with Crippen molar-refractivity contribution >= 4 is 23.3 Å². The summed E-state index contributed by atoms with van der Waals surface area (Å²) in [6.07, 6.45) is 1.63. The molecule has 0 radical (unpaired) electrons. The Morgan fingerprint density at radius 2 is 2.30 bits per heavy atom. The number of likely N-dealkylation sites (tertiary alicyclic amines) is 1. The van der Waals surface area contributed by atoms with Gasteiger partial charge in [0.25, 0.3) is 0 Å². The quantitative estimate of drug-likeness (QED) is 0.860. The third kappa shape index (κ3) is 3.55. The van der Waals surface area contributed by atoms with E-state index in [2.05, 4.69) is 9.88 Å². The van der Waals surface area contributed by atoms with Crippen LogP contribution in [0.3, 0.4) is 0 Å². The molecular weight excluding hydrogens is 280 g/mol. The van der Waals surface area contributed by atoms with Gasteiger partial charge in [-0.3, -0.25) is 4.79 Å². The fourth-order valence-electron chi connectivity index (χ4n) is 2.50. The number of piperidine rings is 1. The molecule has 0 bridgehead atoms. The molecule has 2 heterocycles. The van der Waals surface area contributed by atoms with E-state index in [1.807, 2.05) is 6.92 Å². The Bertz CT molecular complexity index is 502. The Morgan fingerprint density at radius 3 is 2.90 bits per heavy atom. The third-order valence-corrected chi connectivity index (χ3v) is 4.63. The lowest BCUT2D eigenvalue weighted by Gasteiger charge is -2.32. The minimum atomic E-state index is -1.01. The van der Waals surface area contributed by atoms with E-state index < -0.39 is 11.9 Å². The number of thiazole rings is 1. The second-order valence-electron chi connectivity index (χ2n) is 5.21. The largest absolute Gasteiger partial charge is 0.481 e. The van der Waals surface area contributed by atoms with E-state index in [1.54, 1.807) is 5.38 Å². The van der Waals surface area contributed by atoms with Crippen LogP contribution in [0.2, 0.25) is 0 Å². The molecule has 0 amide bonds. The predicted octanol–water partition coefficient (Wildman–Crippen LogP) is 1.74. The molecule has 20 heavy (non-hydrogen) atoms. The monoisotopic (exact) mass is 298 g/mol. The zero-order valence-electron chi connectivity index (χ0n) is 11.3. The summed E-state index contributed by atoms with van der Waals surface area (Å²) in [6.45, 7) is 4.17. The molecule has 7 heteroatoms. The van der Waals surface area contributed by atoms with E-state index in [-0.39, 0.29) is 17.5 Å². The number of carboxylic acids is 2. The highest BCUT2D eigenvalue weighted by atomic mass is 32.1. The van der Waals surface area contributed by atoms with Crippen LogP contribution in [0.5, 0.6) is 0 Å². The van der Waals surface area contributed by atoms with Crippen LogP contribution >= 0.6 is 11.3 Å². The van der Waals surface area contributed by atoms with E-state index in [4.69, 9.17) is 10.2 Å². The van der Waals surface area contributed by atoms with Crippen LogP contribution in [-0.2, 0) is 4.79 Å². The molecule has 2 rings (SSSR count). The summed E-state index contributed by atoms with van der Waals surface area (Å²) in [4.78, 5) is 28.1. The van der Waals surface area contributed by atoms with Crippen molar-refractivity contribution in [1.29, 1.82) is 0 Å². The van der Waals surface area contributed by atoms with Crippen molar-refractivity contribution in [3.8, 4) is 0 Å². The van der Waals surface area contributed by atoms with Gasteiger partial charge in [-0.1, -0.05) is 6.92 Å². The second-order valence-corrected chi connectivity index (χ2v) is 6.10. The molecular formula is C13H18N2O4S. The van der Waals surface area contributed by atoms with Gasteiger partial charge in [-0.25, -0.2) is 9.78 Å². The number of aromatic carboxylic acids is 1. The summed E-state index contributed by atoms with van der Waals surface area (Å²) in [5.74, 6) is -1.92. The topological polar surface area (TPSA) is 90.7 Å². The van der Waals surface area contributed by atoms with Crippen LogP contribution < -0.4 is 0 Å².